The SMILES string of the molecule is C1NCC2CNCC12.CC.CC. The molecule has 0 amide bonds. The fourth-order valence-corrected chi connectivity index (χ4v) is 1.72. The first-order valence-electron chi connectivity index (χ1n) is 5.38. The van der Waals surface area contributed by atoms with Crippen LogP contribution in [0.5, 0.6) is 0 Å². The highest BCUT2D eigenvalue weighted by atomic mass is 15.0. The summed E-state index contributed by atoms with van der Waals surface area (Å²) in [6.45, 7) is 13.0. The van der Waals surface area contributed by atoms with E-state index in [0.29, 0.717) is 0 Å². The van der Waals surface area contributed by atoms with E-state index < -0.39 is 0 Å². The van der Waals surface area contributed by atoms with Crippen LogP contribution in [0.25, 0.3) is 0 Å². The molecule has 2 heterocycles. The predicted molar refractivity (Wildman–Crippen MR) is 55.4 cm³/mol. The van der Waals surface area contributed by atoms with Crippen LogP contribution >= 0.6 is 0 Å². The summed E-state index contributed by atoms with van der Waals surface area (Å²) in [6, 6.07) is 0. The highest BCUT2D eigenvalue weighted by Gasteiger charge is 2.30. The summed E-state index contributed by atoms with van der Waals surface area (Å²) < 4.78 is 0. The number of hydrogen-bond donors (Lipinski definition) is 2. The number of nitrogens with one attached hydrogen (secondary N) is 2. The molecule has 0 aromatic rings. The van der Waals surface area contributed by atoms with E-state index in [1.54, 1.807) is 0 Å². The third-order valence-electron chi connectivity index (χ3n) is 2.29. The zero-order chi connectivity index (χ0) is 9.40. The van der Waals surface area contributed by atoms with Gasteiger partial charge in [-0.05, 0) is 38.0 Å². The first kappa shape index (κ1) is 11.9. The normalized spacial score (nSPS) is 31.0. The van der Waals surface area contributed by atoms with E-state index >= 15 is 0 Å². The largest absolute Gasteiger partial charge is 0.316 e. The minimum atomic E-state index is 0.954. The molecule has 2 saturated heterocycles. The van der Waals surface area contributed by atoms with Gasteiger partial charge in [0.2, 0.25) is 0 Å². The van der Waals surface area contributed by atoms with Gasteiger partial charge in [-0.2, -0.15) is 0 Å². The third kappa shape index (κ3) is 3.11. The molecule has 0 bridgehead atoms. The molecule has 0 radical (unpaired) electrons. The van der Waals surface area contributed by atoms with Crippen LogP contribution in [0.15, 0.2) is 0 Å². The summed E-state index contributed by atoms with van der Waals surface area (Å²) >= 11 is 0. The Morgan fingerprint density at radius 2 is 0.917 bits per heavy atom. The highest BCUT2D eigenvalue weighted by molar-refractivity contribution is 4.88. The van der Waals surface area contributed by atoms with Crippen molar-refractivity contribution in [1.82, 2.24) is 10.6 Å². The molecular weight excluding hydrogens is 148 g/mol. The Labute approximate surface area is 77.1 Å². The average molecular weight is 172 g/mol. The minimum absolute atomic E-state index is 0.954. The van der Waals surface area contributed by atoms with E-state index in [9.17, 15) is 0 Å². The molecule has 0 unspecified atom stereocenters. The van der Waals surface area contributed by atoms with Gasteiger partial charge >= 0.3 is 0 Å². The van der Waals surface area contributed by atoms with Crippen LogP contribution in [0.4, 0.5) is 0 Å². The van der Waals surface area contributed by atoms with Gasteiger partial charge in [0.25, 0.3) is 0 Å². The van der Waals surface area contributed by atoms with Gasteiger partial charge in [0.1, 0.15) is 0 Å². The van der Waals surface area contributed by atoms with Crippen molar-refractivity contribution >= 4 is 0 Å². The molecule has 2 aliphatic heterocycles. The molecule has 2 fully saturated rings. The van der Waals surface area contributed by atoms with Crippen molar-refractivity contribution in [3.8, 4) is 0 Å². The maximum Gasteiger partial charge on any atom is -0.000463 e. The summed E-state index contributed by atoms with van der Waals surface area (Å²) in [5, 5.41) is 6.77. The summed E-state index contributed by atoms with van der Waals surface area (Å²) in [5.74, 6) is 1.91. The number of fused-ring (bicyclic) bond motifs is 1. The van der Waals surface area contributed by atoms with Crippen LogP contribution in [-0.4, -0.2) is 26.2 Å². The number of hydrogen-bond acceptors (Lipinski definition) is 2. The maximum atomic E-state index is 3.38. The molecule has 12 heavy (non-hydrogen) atoms. The molecule has 0 aromatic carbocycles. The first-order chi connectivity index (χ1) is 5.97. The Morgan fingerprint density at radius 1 is 0.667 bits per heavy atom. The monoisotopic (exact) mass is 172 g/mol. The molecular formula is C10H24N2. The van der Waals surface area contributed by atoms with Crippen LogP contribution in [0.3, 0.4) is 0 Å². The van der Waals surface area contributed by atoms with E-state index in [2.05, 4.69) is 10.6 Å². The Hall–Kier alpha value is -0.0800. The molecule has 0 aliphatic carbocycles. The van der Waals surface area contributed by atoms with Crippen molar-refractivity contribution in [2.24, 2.45) is 11.8 Å². The zero-order valence-electron chi connectivity index (χ0n) is 8.98. The fourth-order valence-electron chi connectivity index (χ4n) is 1.72. The number of rotatable bonds is 0. The van der Waals surface area contributed by atoms with Crippen LogP contribution in [-0.2, 0) is 0 Å². The second-order valence-electron chi connectivity index (χ2n) is 2.84. The molecule has 2 heteroatoms. The van der Waals surface area contributed by atoms with Gasteiger partial charge in [-0.25, -0.2) is 0 Å². The quantitative estimate of drug-likeness (QED) is 0.578. The predicted octanol–water partition coefficient (Wildman–Crippen LogP) is 1.48. The fraction of sp³-hybridized carbons (Fsp3) is 1.00. The molecule has 0 saturated carbocycles. The van der Waals surface area contributed by atoms with Crippen molar-refractivity contribution in [2.75, 3.05) is 26.2 Å². The summed E-state index contributed by atoms with van der Waals surface area (Å²) in [5.41, 5.74) is 0. The molecule has 2 aliphatic rings. The summed E-state index contributed by atoms with van der Waals surface area (Å²) in [6.07, 6.45) is 0. The molecule has 0 spiro atoms. The zero-order valence-corrected chi connectivity index (χ0v) is 8.98. The van der Waals surface area contributed by atoms with E-state index in [1.807, 2.05) is 27.7 Å². The van der Waals surface area contributed by atoms with Gasteiger partial charge in [-0.15, -0.1) is 0 Å². The molecule has 74 valence electrons. The van der Waals surface area contributed by atoms with E-state index in [-0.39, 0.29) is 0 Å². The second-order valence-corrected chi connectivity index (χ2v) is 2.84. The van der Waals surface area contributed by atoms with E-state index in [4.69, 9.17) is 0 Å². The van der Waals surface area contributed by atoms with Gasteiger partial charge in [-0.3, -0.25) is 0 Å². The smallest absolute Gasteiger partial charge is 0.000463 e. The molecule has 2 nitrogen and oxygen atoms in total. The first-order valence-corrected chi connectivity index (χ1v) is 5.38. The van der Waals surface area contributed by atoms with Crippen molar-refractivity contribution in [3.05, 3.63) is 0 Å². The Morgan fingerprint density at radius 3 is 1.17 bits per heavy atom. The lowest BCUT2D eigenvalue weighted by atomic mass is 10.0. The van der Waals surface area contributed by atoms with Crippen molar-refractivity contribution in [2.45, 2.75) is 27.7 Å². The van der Waals surface area contributed by atoms with Crippen LogP contribution < -0.4 is 10.6 Å². The second kappa shape index (κ2) is 7.56. The van der Waals surface area contributed by atoms with Crippen molar-refractivity contribution < 1.29 is 0 Å². The van der Waals surface area contributed by atoms with Gasteiger partial charge in [0.15, 0.2) is 0 Å². The van der Waals surface area contributed by atoms with Crippen LogP contribution in [0.2, 0.25) is 0 Å². The molecule has 2 N–H and O–H groups in total. The van der Waals surface area contributed by atoms with Gasteiger partial charge in [-0.1, -0.05) is 27.7 Å². The third-order valence-corrected chi connectivity index (χ3v) is 2.29. The lowest BCUT2D eigenvalue weighted by molar-refractivity contribution is 0.533. The van der Waals surface area contributed by atoms with Crippen molar-refractivity contribution in [1.29, 1.82) is 0 Å². The Kier molecular flexibility index (Phi) is 7.51. The van der Waals surface area contributed by atoms with E-state index in [0.717, 1.165) is 11.8 Å². The van der Waals surface area contributed by atoms with Crippen molar-refractivity contribution in [3.63, 3.8) is 0 Å². The Balaban J connectivity index is 0.000000269. The average Bonchev–Trinajstić information content (AvgIpc) is 2.72. The van der Waals surface area contributed by atoms with Crippen LogP contribution in [0.1, 0.15) is 27.7 Å². The lowest BCUT2D eigenvalue weighted by Gasteiger charge is -2.01. The van der Waals surface area contributed by atoms with E-state index in [1.165, 1.54) is 26.2 Å². The highest BCUT2D eigenvalue weighted by Crippen LogP contribution is 2.19. The summed E-state index contributed by atoms with van der Waals surface area (Å²) in [4.78, 5) is 0. The topological polar surface area (TPSA) is 24.1 Å². The Bertz CT molecular complexity index is 73.8. The minimum Gasteiger partial charge on any atom is -0.316 e. The van der Waals surface area contributed by atoms with Gasteiger partial charge in [0, 0.05) is 0 Å². The molecule has 0 aromatic heterocycles. The maximum absolute atomic E-state index is 3.38. The van der Waals surface area contributed by atoms with Gasteiger partial charge < -0.3 is 10.6 Å². The van der Waals surface area contributed by atoms with Gasteiger partial charge in [0.05, 0.1) is 0 Å². The van der Waals surface area contributed by atoms with Crippen LogP contribution in [0, 0.1) is 11.8 Å². The standard InChI is InChI=1S/C6H12N2.2C2H6/c1-5-2-8-4-6(5)3-7-1;2*1-2/h5-8H,1-4H2;2*1-2H3. The molecule has 2 rings (SSSR count). The lowest BCUT2D eigenvalue weighted by Crippen LogP contribution is -2.19. The summed E-state index contributed by atoms with van der Waals surface area (Å²) in [7, 11) is 0. The molecule has 0 atom stereocenters.